The molecule has 0 bridgehead atoms. The maximum Gasteiger partial charge on any atom is 0.227 e. The highest BCUT2D eigenvalue weighted by molar-refractivity contribution is 5.93. The summed E-state index contributed by atoms with van der Waals surface area (Å²) in [6.45, 7) is 1.27. The molecular formula is C19H25N3O3. The summed E-state index contributed by atoms with van der Waals surface area (Å²) in [7, 11) is 1.64. The summed E-state index contributed by atoms with van der Waals surface area (Å²) in [5, 5.41) is 14.7. The van der Waals surface area contributed by atoms with Gasteiger partial charge in [-0.3, -0.25) is 9.59 Å². The van der Waals surface area contributed by atoms with Crippen molar-refractivity contribution in [2.24, 2.45) is 11.8 Å². The molecule has 0 radical (unpaired) electrons. The SMILES string of the molecule is COCCCNC(=O)C1CCC(C(=O)Nc2cccc(C#N)c2)CC1. The van der Waals surface area contributed by atoms with E-state index in [1.54, 1.807) is 31.4 Å². The molecule has 2 amide bonds. The van der Waals surface area contributed by atoms with Crippen LogP contribution < -0.4 is 10.6 Å². The summed E-state index contributed by atoms with van der Waals surface area (Å²) in [5.74, 6) is -0.0393. The van der Waals surface area contributed by atoms with Gasteiger partial charge in [-0.05, 0) is 50.3 Å². The summed E-state index contributed by atoms with van der Waals surface area (Å²) in [6, 6.07) is 8.95. The van der Waals surface area contributed by atoms with E-state index >= 15 is 0 Å². The topological polar surface area (TPSA) is 91.2 Å². The van der Waals surface area contributed by atoms with Crippen LogP contribution in [0.25, 0.3) is 0 Å². The van der Waals surface area contributed by atoms with E-state index in [1.165, 1.54) is 0 Å². The van der Waals surface area contributed by atoms with E-state index in [9.17, 15) is 9.59 Å². The van der Waals surface area contributed by atoms with E-state index in [2.05, 4.69) is 16.7 Å². The van der Waals surface area contributed by atoms with Gasteiger partial charge in [-0.2, -0.15) is 5.26 Å². The zero-order chi connectivity index (χ0) is 18.1. The van der Waals surface area contributed by atoms with Gasteiger partial charge in [-0.1, -0.05) is 6.07 Å². The standard InChI is InChI=1S/C19H25N3O3/c1-25-11-3-10-21-18(23)15-6-8-16(9-7-15)19(24)22-17-5-2-4-14(12-17)13-20/h2,4-5,12,15-16H,3,6-11H2,1H3,(H,21,23)(H,22,24). The molecule has 1 saturated carbocycles. The smallest absolute Gasteiger partial charge is 0.227 e. The second kappa shape index (κ2) is 9.80. The van der Waals surface area contributed by atoms with Crippen molar-refractivity contribution >= 4 is 17.5 Å². The highest BCUT2D eigenvalue weighted by Crippen LogP contribution is 2.30. The average molecular weight is 343 g/mol. The molecular weight excluding hydrogens is 318 g/mol. The second-order valence-corrected chi connectivity index (χ2v) is 6.37. The first kappa shape index (κ1) is 18.9. The molecule has 1 aliphatic carbocycles. The molecule has 0 saturated heterocycles. The molecule has 1 aliphatic rings. The van der Waals surface area contributed by atoms with Crippen molar-refractivity contribution in [3.05, 3.63) is 29.8 Å². The van der Waals surface area contributed by atoms with Crippen LogP contribution in [0.15, 0.2) is 24.3 Å². The molecule has 0 aliphatic heterocycles. The molecule has 0 atom stereocenters. The summed E-state index contributed by atoms with van der Waals surface area (Å²) >= 11 is 0. The first-order chi connectivity index (χ1) is 12.1. The highest BCUT2D eigenvalue weighted by Gasteiger charge is 2.29. The van der Waals surface area contributed by atoms with Crippen LogP contribution in [0.2, 0.25) is 0 Å². The van der Waals surface area contributed by atoms with E-state index in [0.717, 1.165) is 19.3 Å². The summed E-state index contributed by atoms with van der Waals surface area (Å²) in [6.07, 6.45) is 3.68. The molecule has 2 N–H and O–H groups in total. The fraction of sp³-hybridized carbons (Fsp3) is 0.526. The molecule has 6 heteroatoms. The molecule has 2 rings (SSSR count). The fourth-order valence-corrected chi connectivity index (χ4v) is 3.10. The monoisotopic (exact) mass is 343 g/mol. The van der Waals surface area contributed by atoms with E-state index in [1.807, 2.05) is 0 Å². The third kappa shape index (κ3) is 5.87. The predicted molar refractivity (Wildman–Crippen MR) is 94.7 cm³/mol. The number of hydrogen-bond donors (Lipinski definition) is 2. The molecule has 1 aromatic rings. The van der Waals surface area contributed by atoms with Crippen LogP contribution in [0, 0.1) is 23.2 Å². The number of ether oxygens (including phenoxy) is 1. The number of nitrogens with one attached hydrogen (secondary N) is 2. The first-order valence-electron chi connectivity index (χ1n) is 8.71. The number of carbonyl (C=O) groups is 2. The van der Waals surface area contributed by atoms with Crippen LogP contribution in [0.5, 0.6) is 0 Å². The molecule has 134 valence electrons. The Hall–Kier alpha value is -2.39. The molecule has 25 heavy (non-hydrogen) atoms. The maximum atomic E-state index is 12.4. The Kier molecular flexibility index (Phi) is 7.42. The Morgan fingerprint density at radius 3 is 2.52 bits per heavy atom. The van der Waals surface area contributed by atoms with Gasteiger partial charge in [0.05, 0.1) is 11.6 Å². The van der Waals surface area contributed by atoms with Crippen molar-refractivity contribution in [2.45, 2.75) is 32.1 Å². The van der Waals surface area contributed by atoms with Crippen LogP contribution in [0.4, 0.5) is 5.69 Å². The van der Waals surface area contributed by atoms with Crippen LogP contribution in [0.3, 0.4) is 0 Å². The number of rotatable bonds is 7. The van der Waals surface area contributed by atoms with Crippen molar-refractivity contribution < 1.29 is 14.3 Å². The quantitative estimate of drug-likeness (QED) is 0.744. The molecule has 1 fully saturated rings. The van der Waals surface area contributed by atoms with Gasteiger partial charge in [-0.15, -0.1) is 0 Å². The van der Waals surface area contributed by atoms with E-state index in [-0.39, 0.29) is 23.7 Å². The molecule has 1 aromatic carbocycles. The molecule has 0 spiro atoms. The van der Waals surface area contributed by atoms with Gasteiger partial charge in [0.1, 0.15) is 0 Å². The number of benzene rings is 1. The van der Waals surface area contributed by atoms with Gasteiger partial charge >= 0.3 is 0 Å². The minimum atomic E-state index is -0.0803. The Balaban J connectivity index is 1.76. The van der Waals surface area contributed by atoms with Gasteiger partial charge in [0.25, 0.3) is 0 Å². The van der Waals surface area contributed by atoms with Gasteiger partial charge in [0.15, 0.2) is 0 Å². The van der Waals surface area contributed by atoms with E-state index in [0.29, 0.717) is 37.2 Å². The second-order valence-electron chi connectivity index (χ2n) is 6.37. The molecule has 0 unspecified atom stereocenters. The van der Waals surface area contributed by atoms with Crippen molar-refractivity contribution in [3.8, 4) is 6.07 Å². The van der Waals surface area contributed by atoms with E-state index < -0.39 is 0 Å². The normalized spacial score (nSPS) is 19.7. The predicted octanol–water partition coefficient (Wildman–Crippen LogP) is 2.46. The molecule has 6 nitrogen and oxygen atoms in total. The molecule has 0 heterocycles. The lowest BCUT2D eigenvalue weighted by Crippen LogP contribution is -2.36. The summed E-state index contributed by atoms with van der Waals surface area (Å²) < 4.78 is 4.96. The third-order valence-electron chi connectivity index (χ3n) is 4.55. The lowest BCUT2D eigenvalue weighted by atomic mass is 9.81. The number of carbonyl (C=O) groups excluding carboxylic acids is 2. The first-order valence-corrected chi connectivity index (χ1v) is 8.71. The highest BCUT2D eigenvalue weighted by atomic mass is 16.5. The van der Waals surface area contributed by atoms with Gasteiger partial charge < -0.3 is 15.4 Å². The van der Waals surface area contributed by atoms with Gasteiger partial charge in [0.2, 0.25) is 11.8 Å². The number of amides is 2. The fourth-order valence-electron chi connectivity index (χ4n) is 3.10. The van der Waals surface area contributed by atoms with Crippen LogP contribution in [-0.4, -0.2) is 32.1 Å². The average Bonchev–Trinajstić information content (AvgIpc) is 2.65. The zero-order valence-electron chi connectivity index (χ0n) is 14.6. The van der Waals surface area contributed by atoms with Crippen LogP contribution in [0.1, 0.15) is 37.7 Å². The van der Waals surface area contributed by atoms with Crippen molar-refractivity contribution in [3.63, 3.8) is 0 Å². The van der Waals surface area contributed by atoms with Crippen LogP contribution >= 0.6 is 0 Å². The van der Waals surface area contributed by atoms with Crippen molar-refractivity contribution in [2.75, 3.05) is 25.6 Å². The number of nitrogens with zero attached hydrogens (tertiary/aromatic N) is 1. The Labute approximate surface area is 148 Å². The van der Waals surface area contributed by atoms with Crippen molar-refractivity contribution in [1.29, 1.82) is 5.26 Å². The maximum absolute atomic E-state index is 12.4. The van der Waals surface area contributed by atoms with Gasteiger partial charge in [0, 0.05) is 37.8 Å². The van der Waals surface area contributed by atoms with E-state index in [4.69, 9.17) is 10.00 Å². The number of nitriles is 1. The molecule has 0 aromatic heterocycles. The minimum absolute atomic E-state index is 0.00601. The Morgan fingerprint density at radius 1 is 1.20 bits per heavy atom. The van der Waals surface area contributed by atoms with Crippen molar-refractivity contribution in [1.82, 2.24) is 5.32 Å². The number of methoxy groups -OCH3 is 1. The lowest BCUT2D eigenvalue weighted by molar-refractivity contribution is -0.128. The van der Waals surface area contributed by atoms with Gasteiger partial charge in [-0.25, -0.2) is 0 Å². The lowest BCUT2D eigenvalue weighted by Gasteiger charge is -2.27. The minimum Gasteiger partial charge on any atom is -0.385 e. The number of hydrogen-bond acceptors (Lipinski definition) is 4. The zero-order valence-corrected chi connectivity index (χ0v) is 14.6. The Bertz CT molecular complexity index is 631. The third-order valence-corrected chi connectivity index (χ3v) is 4.55. The number of anilines is 1. The summed E-state index contributed by atoms with van der Waals surface area (Å²) in [4.78, 5) is 24.5. The summed E-state index contributed by atoms with van der Waals surface area (Å²) in [5.41, 5.74) is 1.16. The largest absolute Gasteiger partial charge is 0.385 e. The Morgan fingerprint density at radius 2 is 1.88 bits per heavy atom. The van der Waals surface area contributed by atoms with Crippen LogP contribution in [-0.2, 0) is 14.3 Å².